The van der Waals surface area contributed by atoms with Gasteiger partial charge < -0.3 is 10.2 Å². The smallest absolute Gasteiger partial charge is 0.253 e. The highest BCUT2D eigenvalue weighted by atomic mass is 16.2. The van der Waals surface area contributed by atoms with E-state index in [1.807, 2.05) is 35.2 Å². The molecule has 20 heavy (non-hydrogen) atoms. The van der Waals surface area contributed by atoms with Crippen LogP contribution >= 0.6 is 0 Å². The van der Waals surface area contributed by atoms with Crippen LogP contribution in [0.25, 0.3) is 10.8 Å². The molecule has 1 N–H and O–H groups in total. The van der Waals surface area contributed by atoms with Gasteiger partial charge in [0.05, 0.1) is 0 Å². The summed E-state index contributed by atoms with van der Waals surface area (Å²) in [5, 5.41) is 5.81. The van der Waals surface area contributed by atoms with Gasteiger partial charge in [0.15, 0.2) is 0 Å². The van der Waals surface area contributed by atoms with Crippen molar-refractivity contribution in [3.05, 3.63) is 48.0 Å². The number of carbonyl (C=O) groups excluding carboxylic acids is 1. The Morgan fingerprint density at radius 2 is 1.95 bits per heavy atom. The zero-order valence-corrected chi connectivity index (χ0v) is 11.4. The van der Waals surface area contributed by atoms with Crippen LogP contribution in [0.1, 0.15) is 16.8 Å². The average Bonchev–Trinajstić information content (AvgIpc) is 3.07. The molecule has 0 radical (unpaired) electrons. The lowest BCUT2D eigenvalue weighted by atomic mass is 10.1. The van der Waals surface area contributed by atoms with E-state index in [4.69, 9.17) is 0 Å². The van der Waals surface area contributed by atoms with E-state index in [1.54, 1.807) is 0 Å². The van der Waals surface area contributed by atoms with Gasteiger partial charge in [0.1, 0.15) is 0 Å². The maximum atomic E-state index is 12.6. The first-order valence-corrected chi connectivity index (χ1v) is 7.33. The zero-order chi connectivity index (χ0) is 13.5. The maximum absolute atomic E-state index is 12.6. The van der Waals surface area contributed by atoms with Gasteiger partial charge in [-0.2, -0.15) is 0 Å². The molecule has 2 aromatic carbocycles. The molecule has 1 amide bonds. The molecule has 2 heterocycles. The van der Waals surface area contributed by atoms with Crippen molar-refractivity contribution in [1.82, 2.24) is 10.2 Å². The molecule has 0 aromatic heterocycles. The molecule has 2 atom stereocenters. The van der Waals surface area contributed by atoms with Crippen LogP contribution in [0, 0.1) is 5.92 Å². The first-order valence-electron chi connectivity index (χ1n) is 7.33. The lowest BCUT2D eigenvalue weighted by Gasteiger charge is -2.17. The number of amides is 1. The van der Waals surface area contributed by atoms with Gasteiger partial charge in [-0.15, -0.1) is 0 Å². The van der Waals surface area contributed by atoms with Crippen molar-refractivity contribution in [2.45, 2.75) is 12.5 Å². The Labute approximate surface area is 118 Å². The second-order valence-electron chi connectivity index (χ2n) is 5.88. The van der Waals surface area contributed by atoms with Crippen molar-refractivity contribution in [1.29, 1.82) is 0 Å². The quantitative estimate of drug-likeness (QED) is 0.859. The van der Waals surface area contributed by atoms with E-state index in [2.05, 4.69) is 17.4 Å². The van der Waals surface area contributed by atoms with E-state index in [-0.39, 0.29) is 5.91 Å². The number of nitrogens with one attached hydrogen (secondary N) is 1. The summed E-state index contributed by atoms with van der Waals surface area (Å²) in [4.78, 5) is 14.6. The normalized spacial score (nSPS) is 25.1. The fourth-order valence-electron chi connectivity index (χ4n) is 3.52. The summed E-state index contributed by atoms with van der Waals surface area (Å²) < 4.78 is 0. The van der Waals surface area contributed by atoms with Crippen LogP contribution in [0.2, 0.25) is 0 Å². The fraction of sp³-hybridized carbons (Fsp3) is 0.353. The first-order chi connectivity index (χ1) is 9.81. The van der Waals surface area contributed by atoms with Crippen LogP contribution in [-0.2, 0) is 0 Å². The Morgan fingerprint density at radius 3 is 2.80 bits per heavy atom. The third kappa shape index (κ3) is 1.90. The predicted octanol–water partition coefficient (Wildman–Crippen LogP) is 2.27. The van der Waals surface area contributed by atoms with Gasteiger partial charge in [0, 0.05) is 24.7 Å². The van der Waals surface area contributed by atoms with Gasteiger partial charge >= 0.3 is 0 Å². The number of hydrogen-bond donors (Lipinski definition) is 1. The number of fused-ring (bicyclic) bond motifs is 2. The molecule has 2 aliphatic rings. The molecule has 0 saturated carbocycles. The summed E-state index contributed by atoms with van der Waals surface area (Å²) >= 11 is 0. The van der Waals surface area contributed by atoms with Gasteiger partial charge in [0.25, 0.3) is 5.91 Å². The summed E-state index contributed by atoms with van der Waals surface area (Å²) in [5.74, 6) is 0.825. The monoisotopic (exact) mass is 266 g/mol. The molecule has 3 heteroatoms. The van der Waals surface area contributed by atoms with E-state index >= 15 is 0 Å². The molecule has 0 spiro atoms. The average molecular weight is 266 g/mol. The molecule has 2 fully saturated rings. The van der Waals surface area contributed by atoms with Crippen LogP contribution < -0.4 is 5.32 Å². The van der Waals surface area contributed by atoms with Crippen molar-refractivity contribution in [3.63, 3.8) is 0 Å². The van der Waals surface area contributed by atoms with E-state index in [1.165, 1.54) is 11.8 Å². The van der Waals surface area contributed by atoms with E-state index < -0.39 is 0 Å². The van der Waals surface area contributed by atoms with Crippen molar-refractivity contribution >= 4 is 16.7 Å². The number of likely N-dealkylation sites (tertiary alicyclic amines) is 1. The van der Waals surface area contributed by atoms with Crippen LogP contribution in [0.5, 0.6) is 0 Å². The van der Waals surface area contributed by atoms with Crippen molar-refractivity contribution < 1.29 is 4.79 Å². The Bertz CT molecular complexity index is 655. The number of hydrogen-bond acceptors (Lipinski definition) is 2. The third-order valence-electron chi connectivity index (χ3n) is 4.65. The van der Waals surface area contributed by atoms with Crippen LogP contribution in [-0.4, -0.2) is 36.5 Å². The SMILES string of the molecule is O=C(c1ccc2ccccc2c1)N1C[C@@H]2CCN[C@@H]2C1. The third-order valence-corrected chi connectivity index (χ3v) is 4.65. The standard InChI is InChI=1S/C17H18N2O/c20-17(19-10-15-7-8-18-16(15)11-19)14-6-5-12-3-1-2-4-13(12)9-14/h1-6,9,15-16,18H,7-8,10-11H2/t15-,16+/m0/s1. The highest BCUT2D eigenvalue weighted by molar-refractivity contribution is 5.98. The number of nitrogens with zero attached hydrogens (tertiary/aromatic N) is 1. The van der Waals surface area contributed by atoms with Crippen LogP contribution in [0.4, 0.5) is 0 Å². The predicted molar refractivity (Wildman–Crippen MR) is 79.7 cm³/mol. The van der Waals surface area contributed by atoms with E-state index in [0.717, 1.165) is 30.6 Å². The minimum Gasteiger partial charge on any atom is -0.337 e. The molecule has 102 valence electrons. The lowest BCUT2D eigenvalue weighted by molar-refractivity contribution is 0.0783. The van der Waals surface area contributed by atoms with Crippen LogP contribution in [0.15, 0.2) is 42.5 Å². The second-order valence-corrected chi connectivity index (χ2v) is 5.88. The van der Waals surface area contributed by atoms with Gasteiger partial charge in [0.2, 0.25) is 0 Å². The topological polar surface area (TPSA) is 32.3 Å². The van der Waals surface area contributed by atoms with Crippen molar-refractivity contribution in [2.24, 2.45) is 5.92 Å². The molecule has 0 bridgehead atoms. The van der Waals surface area contributed by atoms with Crippen molar-refractivity contribution in [2.75, 3.05) is 19.6 Å². The maximum Gasteiger partial charge on any atom is 0.253 e. The molecule has 2 saturated heterocycles. The van der Waals surface area contributed by atoms with Crippen molar-refractivity contribution in [3.8, 4) is 0 Å². The molecular formula is C17H18N2O. The highest BCUT2D eigenvalue weighted by Crippen LogP contribution is 2.26. The summed E-state index contributed by atoms with van der Waals surface area (Å²) in [6.07, 6.45) is 1.20. The Morgan fingerprint density at radius 1 is 1.10 bits per heavy atom. The summed E-state index contributed by atoms with van der Waals surface area (Å²) in [6.45, 7) is 2.87. The number of benzene rings is 2. The molecular weight excluding hydrogens is 248 g/mol. The molecule has 0 unspecified atom stereocenters. The first kappa shape index (κ1) is 11.9. The van der Waals surface area contributed by atoms with Gasteiger partial charge in [-0.3, -0.25) is 4.79 Å². The molecule has 0 aliphatic carbocycles. The summed E-state index contributed by atoms with van der Waals surface area (Å²) in [7, 11) is 0. The number of rotatable bonds is 1. The molecule has 2 aromatic rings. The molecule has 3 nitrogen and oxygen atoms in total. The van der Waals surface area contributed by atoms with E-state index in [0.29, 0.717) is 12.0 Å². The van der Waals surface area contributed by atoms with Gasteiger partial charge in [-0.25, -0.2) is 0 Å². The minimum absolute atomic E-state index is 0.173. The molecule has 4 rings (SSSR count). The lowest BCUT2D eigenvalue weighted by Crippen LogP contribution is -2.33. The fourth-order valence-corrected chi connectivity index (χ4v) is 3.52. The largest absolute Gasteiger partial charge is 0.337 e. The Kier molecular flexibility index (Phi) is 2.74. The zero-order valence-electron chi connectivity index (χ0n) is 11.4. The second kappa shape index (κ2) is 4.60. The van der Waals surface area contributed by atoms with Gasteiger partial charge in [-0.1, -0.05) is 30.3 Å². The minimum atomic E-state index is 0.173. The summed E-state index contributed by atoms with van der Waals surface area (Å²) in [5.41, 5.74) is 0.809. The van der Waals surface area contributed by atoms with E-state index in [9.17, 15) is 4.79 Å². The van der Waals surface area contributed by atoms with Crippen LogP contribution in [0.3, 0.4) is 0 Å². The van der Waals surface area contributed by atoms with Gasteiger partial charge in [-0.05, 0) is 41.8 Å². The summed E-state index contributed by atoms with van der Waals surface area (Å²) in [6, 6.07) is 14.7. The molecule has 2 aliphatic heterocycles. The Balaban J connectivity index is 1.61. The Hall–Kier alpha value is -1.87. The number of carbonyl (C=O) groups is 1. The highest BCUT2D eigenvalue weighted by Gasteiger charge is 2.38.